The number of hydrogen-bond acceptors (Lipinski definition) is 13. The number of phenols is 1. The maximum absolute atomic E-state index is 12.4. The molecular formula is C47H58N12O4. The van der Waals surface area contributed by atoms with E-state index in [1.807, 2.05) is 24.3 Å². The van der Waals surface area contributed by atoms with E-state index in [2.05, 4.69) is 82.0 Å². The SMILES string of the molecule is Cc1cn(C2CCN(CCN3CCN(CCOc4cccc(N5C6CCC5CN(c5cc(-c7ccccc7O)nnc5N)C6)c4)CC3)CC2)c2ncc(N3CCC(=O)NC3=O)cc12. The van der Waals surface area contributed by atoms with Crippen molar-refractivity contribution in [1.82, 2.24) is 39.8 Å². The van der Waals surface area contributed by atoms with E-state index >= 15 is 0 Å². The van der Waals surface area contributed by atoms with Crippen LogP contribution in [0.15, 0.2) is 73.1 Å². The number of aryl methyl sites for hydroxylation is 1. The molecule has 3 amide bonds. The lowest BCUT2D eigenvalue weighted by Crippen LogP contribution is -2.54. The largest absolute Gasteiger partial charge is 0.507 e. The number of rotatable bonds is 12. The molecule has 0 aliphatic carbocycles. The zero-order chi connectivity index (χ0) is 43.0. The monoisotopic (exact) mass is 854 g/mol. The summed E-state index contributed by atoms with van der Waals surface area (Å²) in [5.74, 6) is 1.27. The van der Waals surface area contributed by atoms with Gasteiger partial charge in [-0.1, -0.05) is 18.2 Å². The van der Waals surface area contributed by atoms with Crippen LogP contribution in [0.4, 0.5) is 27.7 Å². The first-order valence-corrected chi connectivity index (χ1v) is 22.7. The Kier molecular flexibility index (Phi) is 11.5. The maximum atomic E-state index is 12.4. The number of urea groups is 1. The summed E-state index contributed by atoms with van der Waals surface area (Å²) in [7, 11) is 0. The van der Waals surface area contributed by atoms with Crippen LogP contribution >= 0.6 is 0 Å². The Morgan fingerprint density at radius 2 is 1.52 bits per heavy atom. The van der Waals surface area contributed by atoms with Gasteiger partial charge in [-0.15, -0.1) is 10.2 Å². The minimum Gasteiger partial charge on any atom is -0.507 e. The second-order valence-electron chi connectivity index (χ2n) is 17.9. The molecule has 5 fully saturated rings. The Morgan fingerprint density at radius 3 is 2.27 bits per heavy atom. The number of likely N-dealkylation sites (tertiary alicyclic amines) is 1. The highest BCUT2D eigenvalue weighted by Crippen LogP contribution is 2.40. The number of nitrogens with two attached hydrogens (primary N) is 1. The molecule has 5 aliphatic heterocycles. The van der Waals surface area contributed by atoms with Gasteiger partial charge in [-0.2, -0.15) is 0 Å². The molecule has 2 atom stereocenters. The quantitative estimate of drug-likeness (QED) is 0.158. The zero-order valence-corrected chi connectivity index (χ0v) is 36.1. The lowest BCUT2D eigenvalue weighted by Gasteiger charge is -2.43. The molecule has 63 heavy (non-hydrogen) atoms. The number of anilines is 4. The lowest BCUT2D eigenvalue weighted by molar-refractivity contribution is -0.120. The van der Waals surface area contributed by atoms with E-state index in [0.29, 0.717) is 54.8 Å². The number of benzene rings is 2. The van der Waals surface area contributed by atoms with E-state index in [9.17, 15) is 14.7 Å². The summed E-state index contributed by atoms with van der Waals surface area (Å²) in [6.07, 6.45) is 8.67. The van der Waals surface area contributed by atoms with Crippen molar-refractivity contribution in [1.29, 1.82) is 0 Å². The highest BCUT2D eigenvalue weighted by atomic mass is 16.5. The van der Waals surface area contributed by atoms with Crippen molar-refractivity contribution in [3.63, 3.8) is 0 Å². The first-order valence-electron chi connectivity index (χ1n) is 22.7. The number of aromatic hydroxyl groups is 1. The molecule has 16 heteroatoms. The molecule has 2 unspecified atom stereocenters. The van der Waals surface area contributed by atoms with E-state index in [4.69, 9.17) is 15.5 Å². The Morgan fingerprint density at radius 1 is 0.794 bits per heavy atom. The van der Waals surface area contributed by atoms with Crippen LogP contribution < -0.4 is 30.5 Å². The standard InChI is InChI=1S/C47H58N12O4/c1-32-29-58(46-40(32)26-37(28-49-46)57-16-13-44(61)50-47(57)62)33-11-14-53(15-12-33)17-18-54-19-21-55(22-20-54)23-24-63-38-6-4-5-34(25-38)59-35-9-10-36(59)31-56(30-35)42-27-41(51-52-45(42)48)39-7-2-3-8-43(39)60/h2-8,25-29,33,35-36,60H,9-24,30-31H2,1H3,(H2,48,52)(H,50,61,62). The van der Waals surface area contributed by atoms with Crippen molar-refractivity contribution in [3.8, 4) is 22.8 Å². The Bertz CT molecular complexity index is 2450. The average Bonchev–Trinajstić information content (AvgIpc) is 3.77. The predicted octanol–water partition coefficient (Wildman–Crippen LogP) is 4.73. The minimum absolute atomic E-state index is 0.177. The fourth-order valence-corrected chi connectivity index (χ4v) is 10.5. The summed E-state index contributed by atoms with van der Waals surface area (Å²) in [6.45, 7) is 14.3. The van der Waals surface area contributed by atoms with Gasteiger partial charge in [0.15, 0.2) is 5.82 Å². The van der Waals surface area contributed by atoms with Gasteiger partial charge < -0.3 is 34.8 Å². The van der Waals surface area contributed by atoms with Gasteiger partial charge in [0.1, 0.15) is 23.8 Å². The van der Waals surface area contributed by atoms with Crippen LogP contribution in [0.5, 0.6) is 11.5 Å². The number of carbonyl (C=O) groups is 2. The molecule has 0 spiro atoms. The number of fused-ring (bicyclic) bond motifs is 3. The molecule has 5 aliphatic rings. The summed E-state index contributed by atoms with van der Waals surface area (Å²) in [5.41, 5.74) is 12.6. The summed E-state index contributed by atoms with van der Waals surface area (Å²) >= 11 is 0. The number of nitrogens with one attached hydrogen (secondary N) is 1. The average molecular weight is 855 g/mol. The number of phenolic OH excluding ortho intramolecular Hbond substituents is 1. The number of nitrogen functional groups attached to an aromatic ring is 1. The normalized spacial score (nSPS) is 21.7. The van der Waals surface area contributed by atoms with Crippen molar-refractivity contribution >= 4 is 45.9 Å². The highest BCUT2D eigenvalue weighted by molar-refractivity contribution is 6.06. The predicted molar refractivity (Wildman–Crippen MR) is 245 cm³/mol. The van der Waals surface area contributed by atoms with Crippen molar-refractivity contribution in [2.45, 2.75) is 57.2 Å². The number of amides is 3. The maximum Gasteiger partial charge on any atom is 0.328 e. The number of pyridine rings is 1. The fourth-order valence-electron chi connectivity index (χ4n) is 10.5. The van der Waals surface area contributed by atoms with Gasteiger partial charge in [0.25, 0.3) is 0 Å². The Labute approximate surface area is 368 Å². The van der Waals surface area contributed by atoms with Crippen LogP contribution in [0.2, 0.25) is 0 Å². The van der Waals surface area contributed by atoms with Crippen LogP contribution in [0, 0.1) is 6.92 Å². The summed E-state index contributed by atoms with van der Waals surface area (Å²) in [5, 5.41) is 22.5. The number of hydrogen-bond donors (Lipinski definition) is 3. The number of para-hydroxylation sites is 1. The van der Waals surface area contributed by atoms with Crippen LogP contribution in [0.25, 0.3) is 22.3 Å². The van der Waals surface area contributed by atoms with Gasteiger partial charge in [-0.3, -0.25) is 24.8 Å². The van der Waals surface area contributed by atoms with Crippen LogP contribution in [0.3, 0.4) is 0 Å². The van der Waals surface area contributed by atoms with Gasteiger partial charge in [-0.25, -0.2) is 9.78 Å². The molecule has 4 N–H and O–H groups in total. The number of carbonyl (C=O) groups excluding carboxylic acids is 2. The van der Waals surface area contributed by atoms with Crippen molar-refractivity contribution in [2.24, 2.45) is 0 Å². The first kappa shape index (κ1) is 41.1. The lowest BCUT2D eigenvalue weighted by atomic mass is 10.0. The number of imide groups is 1. The molecule has 16 nitrogen and oxygen atoms in total. The van der Waals surface area contributed by atoms with E-state index in [-0.39, 0.29) is 17.7 Å². The Hall–Kier alpha value is -5.97. The summed E-state index contributed by atoms with van der Waals surface area (Å²) < 4.78 is 8.72. The van der Waals surface area contributed by atoms with Crippen LogP contribution in [0.1, 0.15) is 43.7 Å². The molecule has 330 valence electrons. The number of ether oxygens (including phenoxy) is 1. The van der Waals surface area contributed by atoms with E-state index in [1.54, 1.807) is 23.2 Å². The molecule has 0 radical (unpaired) electrons. The number of aromatic nitrogens is 4. The van der Waals surface area contributed by atoms with Crippen LogP contribution in [-0.4, -0.2) is 149 Å². The summed E-state index contributed by atoms with van der Waals surface area (Å²) in [4.78, 5) is 43.2. The molecule has 5 aromatic rings. The first-order chi connectivity index (χ1) is 30.7. The minimum atomic E-state index is -0.382. The molecule has 5 saturated heterocycles. The number of nitrogens with zero attached hydrogens (tertiary/aromatic N) is 10. The fraction of sp³-hybridized carbons (Fsp3) is 0.468. The topological polar surface area (TPSA) is 165 Å². The highest BCUT2D eigenvalue weighted by Gasteiger charge is 2.41. The molecule has 3 aromatic heterocycles. The number of piperidine rings is 1. The van der Waals surface area contributed by atoms with Gasteiger partial charge in [0.05, 0.1) is 23.3 Å². The third-order valence-electron chi connectivity index (χ3n) is 14.0. The summed E-state index contributed by atoms with van der Waals surface area (Å²) in [6, 6.07) is 20.5. The molecular weight excluding hydrogens is 797 g/mol. The number of piperazine rings is 2. The molecule has 0 saturated carbocycles. The van der Waals surface area contributed by atoms with Crippen LogP contribution in [-0.2, 0) is 4.79 Å². The third kappa shape index (κ3) is 8.59. The van der Waals surface area contributed by atoms with E-state index in [0.717, 1.165) is 131 Å². The van der Waals surface area contributed by atoms with E-state index in [1.165, 1.54) is 5.69 Å². The van der Waals surface area contributed by atoms with Gasteiger partial charge in [0, 0.05) is 132 Å². The van der Waals surface area contributed by atoms with Crippen molar-refractivity contribution in [3.05, 3.63) is 78.6 Å². The van der Waals surface area contributed by atoms with Crippen molar-refractivity contribution < 1.29 is 19.4 Å². The second kappa shape index (κ2) is 17.7. The third-order valence-corrected chi connectivity index (χ3v) is 14.0. The Balaban J connectivity index is 0.655. The second-order valence-corrected chi connectivity index (χ2v) is 17.9. The zero-order valence-electron chi connectivity index (χ0n) is 36.1. The van der Waals surface area contributed by atoms with Gasteiger partial charge in [0.2, 0.25) is 5.91 Å². The van der Waals surface area contributed by atoms with Gasteiger partial charge >= 0.3 is 6.03 Å². The molecule has 8 heterocycles. The molecule has 2 bridgehead atoms. The molecule has 10 rings (SSSR count). The van der Waals surface area contributed by atoms with Gasteiger partial charge in [-0.05, 0) is 74.6 Å². The van der Waals surface area contributed by atoms with Crippen molar-refractivity contribution in [2.75, 3.05) is 106 Å². The smallest absolute Gasteiger partial charge is 0.328 e. The molecule has 2 aromatic carbocycles. The van der Waals surface area contributed by atoms with E-state index < -0.39 is 0 Å².